The van der Waals surface area contributed by atoms with Gasteiger partial charge in [-0.3, -0.25) is 14.8 Å². The summed E-state index contributed by atoms with van der Waals surface area (Å²) < 4.78 is 15.3. The second-order valence-electron chi connectivity index (χ2n) is 7.24. The van der Waals surface area contributed by atoms with Crippen molar-refractivity contribution >= 4 is 17.5 Å². The smallest absolute Gasteiger partial charge is 0.256 e. The van der Waals surface area contributed by atoms with Crippen LogP contribution in [-0.4, -0.2) is 44.5 Å². The average molecular weight is 411 g/mol. The number of alkyl halides is 1. The molecule has 0 N–H and O–H groups in total. The van der Waals surface area contributed by atoms with E-state index in [2.05, 4.69) is 15.0 Å². The molecule has 0 aromatic carbocycles. The van der Waals surface area contributed by atoms with Gasteiger partial charge in [-0.05, 0) is 48.7 Å². The highest BCUT2D eigenvalue weighted by atomic mass is 35.5. The highest BCUT2D eigenvalue weighted by molar-refractivity contribution is 6.29. The van der Waals surface area contributed by atoms with Crippen molar-refractivity contribution in [2.24, 2.45) is 0 Å². The number of halogens is 2. The van der Waals surface area contributed by atoms with Crippen molar-refractivity contribution in [1.82, 2.24) is 19.9 Å². The van der Waals surface area contributed by atoms with E-state index >= 15 is 4.39 Å². The zero-order chi connectivity index (χ0) is 20.3. The van der Waals surface area contributed by atoms with Gasteiger partial charge in [0, 0.05) is 49.9 Å². The van der Waals surface area contributed by atoms with E-state index in [1.807, 2.05) is 12.1 Å². The quantitative estimate of drug-likeness (QED) is 0.599. The monoisotopic (exact) mass is 410 g/mol. The first kappa shape index (κ1) is 19.5. The summed E-state index contributed by atoms with van der Waals surface area (Å²) in [6.45, 7) is 0.724. The number of pyridine rings is 3. The molecule has 5 nitrogen and oxygen atoms in total. The summed E-state index contributed by atoms with van der Waals surface area (Å²) in [6, 6.07) is 10.6. The van der Waals surface area contributed by atoms with E-state index in [1.54, 1.807) is 54.0 Å². The fourth-order valence-electron chi connectivity index (χ4n) is 3.65. The molecule has 1 aliphatic heterocycles. The van der Waals surface area contributed by atoms with Crippen LogP contribution in [0.1, 0.15) is 28.8 Å². The molecule has 1 amide bonds. The third-order valence-electron chi connectivity index (χ3n) is 5.25. The van der Waals surface area contributed by atoms with Gasteiger partial charge in [-0.15, -0.1) is 0 Å². The fourth-order valence-corrected chi connectivity index (χ4v) is 3.76. The third kappa shape index (κ3) is 4.43. The largest absolute Gasteiger partial charge is 0.338 e. The normalized spacial score (nSPS) is 15.9. The minimum Gasteiger partial charge on any atom is -0.338 e. The molecule has 7 heteroatoms. The zero-order valence-electron chi connectivity index (χ0n) is 15.8. The predicted octanol–water partition coefficient (Wildman–Crippen LogP) is 4.38. The molecular weight excluding hydrogens is 391 g/mol. The van der Waals surface area contributed by atoms with E-state index in [4.69, 9.17) is 11.6 Å². The van der Waals surface area contributed by atoms with Crippen LogP contribution in [0.5, 0.6) is 0 Å². The summed E-state index contributed by atoms with van der Waals surface area (Å²) in [7, 11) is 0. The second kappa shape index (κ2) is 8.25. The summed E-state index contributed by atoms with van der Waals surface area (Å²) >= 11 is 5.80. The minimum absolute atomic E-state index is 0.125. The number of nitrogens with zero attached hydrogens (tertiary/aromatic N) is 4. The van der Waals surface area contributed by atoms with Gasteiger partial charge in [-0.25, -0.2) is 9.37 Å². The lowest BCUT2D eigenvalue weighted by Crippen LogP contribution is -2.45. The Bertz CT molecular complexity index is 989. The summed E-state index contributed by atoms with van der Waals surface area (Å²) in [6.07, 6.45) is 7.45. The Morgan fingerprint density at radius 1 is 1.07 bits per heavy atom. The summed E-state index contributed by atoms with van der Waals surface area (Å²) in [4.78, 5) is 27.3. The van der Waals surface area contributed by atoms with E-state index in [0.29, 0.717) is 29.5 Å². The van der Waals surface area contributed by atoms with Crippen LogP contribution in [0.25, 0.3) is 11.3 Å². The van der Waals surface area contributed by atoms with Crippen molar-refractivity contribution in [3.63, 3.8) is 0 Å². The van der Waals surface area contributed by atoms with Gasteiger partial charge in [0.05, 0.1) is 11.3 Å². The number of rotatable bonds is 4. The third-order valence-corrected chi connectivity index (χ3v) is 5.47. The molecule has 29 heavy (non-hydrogen) atoms. The lowest BCUT2D eigenvalue weighted by Gasteiger charge is -2.36. The van der Waals surface area contributed by atoms with Crippen LogP contribution >= 0.6 is 11.6 Å². The highest BCUT2D eigenvalue weighted by Crippen LogP contribution is 2.32. The first-order chi connectivity index (χ1) is 14.0. The van der Waals surface area contributed by atoms with Gasteiger partial charge in [0.25, 0.3) is 5.91 Å². The minimum atomic E-state index is -1.35. The van der Waals surface area contributed by atoms with Crippen molar-refractivity contribution in [3.05, 3.63) is 77.5 Å². The maximum absolute atomic E-state index is 15.3. The first-order valence-electron chi connectivity index (χ1n) is 9.48. The molecule has 0 spiro atoms. The molecule has 0 saturated carbocycles. The number of piperidine rings is 1. The zero-order valence-corrected chi connectivity index (χ0v) is 16.5. The van der Waals surface area contributed by atoms with Gasteiger partial charge in [0.1, 0.15) is 10.8 Å². The maximum atomic E-state index is 15.3. The van der Waals surface area contributed by atoms with Crippen molar-refractivity contribution in [1.29, 1.82) is 0 Å². The van der Waals surface area contributed by atoms with Gasteiger partial charge < -0.3 is 4.90 Å². The number of carbonyl (C=O) groups is 1. The molecular formula is C22H20ClFN4O. The number of hydrogen-bond donors (Lipinski definition) is 0. The molecule has 0 atom stereocenters. The standard InChI is InChI=1S/C22H20ClFN4O/c23-19-4-3-16(15-27-19)14-22(24)7-12-28(13-8-22)21(29)18-2-1-9-26-20(18)17-5-10-25-11-6-17/h1-6,9-11,15H,7-8,12-14H2. The molecule has 3 aromatic heterocycles. The fraction of sp³-hybridized carbons (Fsp3) is 0.273. The van der Waals surface area contributed by atoms with Gasteiger partial charge in [0.2, 0.25) is 0 Å². The van der Waals surface area contributed by atoms with Crippen LogP contribution < -0.4 is 0 Å². The molecule has 148 valence electrons. The molecule has 1 aliphatic rings. The lowest BCUT2D eigenvalue weighted by molar-refractivity contribution is 0.0437. The Kier molecular flexibility index (Phi) is 5.53. The molecule has 0 bridgehead atoms. The van der Waals surface area contributed by atoms with Crippen LogP contribution in [0, 0.1) is 0 Å². The van der Waals surface area contributed by atoms with Gasteiger partial charge in [-0.1, -0.05) is 17.7 Å². The molecule has 4 rings (SSSR count). The number of likely N-dealkylation sites (tertiary alicyclic amines) is 1. The van der Waals surface area contributed by atoms with Crippen LogP contribution in [0.15, 0.2) is 61.2 Å². The van der Waals surface area contributed by atoms with E-state index in [9.17, 15) is 4.79 Å². The first-order valence-corrected chi connectivity index (χ1v) is 9.86. The second-order valence-corrected chi connectivity index (χ2v) is 7.63. The van der Waals surface area contributed by atoms with Crippen LogP contribution in [0.3, 0.4) is 0 Å². The number of carbonyl (C=O) groups excluding carboxylic acids is 1. The average Bonchev–Trinajstić information content (AvgIpc) is 2.76. The van der Waals surface area contributed by atoms with E-state index < -0.39 is 5.67 Å². The van der Waals surface area contributed by atoms with Crippen molar-refractivity contribution in [3.8, 4) is 11.3 Å². The van der Waals surface area contributed by atoms with Gasteiger partial charge in [-0.2, -0.15) is 0 Å². The van der Waals surface area contributed by atoms with Crippen LogP contribution in [0.4, 0.5) is 4.39 Å². The van der Waals surface area contributed by atoms with Crippen LogP contribution in [-0.2, 0) is 6.42 Å². The van der Waals surface area contributed by atoms with Crippen molar-refractivity contribution < 1.29 is 9.18 Å². The van der Waals surface area contributed by atoms with Gasteiger partial charge >= 0.3 is 0 Å². The Labute approximate surface area is 173 Å². The summed E-state index contributed by atoms with van der Waals surface area (Å²) in [5.74, 6) is -0.125. The molecule has 0 aliphatic carbocycles. The number of amides is 1. The molecule has 3 aromatic rings. The van der Waals surface area contributed by atoms with E-state index in [-0.39, 0.29) is 25.2 Å². The Morgan fingerprint density at radius 3 is 2.52 bits per heavy atom. The summed E-state index contributed by atoms with van der Waals surface area (Å²) in [5, 5.41) is 0.392. The highest BCUT2D eigenvalue weighted by Gasteiger charge is 2.36. The summed E-state index contributed by atoms with van der Waals surface area (Å²) in [5.41, 5.74) is 1.42. The number of hydrogen-bond acceptors (Lipinski definition) is 4. The van der Waals surface area contributed by atoms with Gasteiger partial charge in [0.15, 0.2) is 0 Å². The molecule has 4 heterocycles. The lowest BCUT2D eigenvalue weighted by atomic mass is 9.87. The molecule has 1 fully saturated rings. The van der Waals surface area contributed by atoms with Crippen LogP contribution in [0.2, 0.25) is 5.15 Å². The Hall–Kier alpha value is -2.86. The molecule has 1 saturated heterocycles. The topological polar surface area (TPSA) is 59.0 Å². The van der Waals surface area contributed by atoms with E-state index in [1.165, 1.54) is 0 Å². The SMILES string of the molecule is O=C(c1cccnc1-c1ccncc1)N1CCC(F)(Cc2ccc(Cl)nc2)CC1. The van der Waals surface area contributed by atoms with Crippen molar-refractivity contribution in [2.45, 2.75) is 24.9 Å². The molecule has 0 radical (unpaired) electrons. The predicted molar refractivity (Wildman–Crippen MR) is 109 cm³/mol. The Morgan fingerprint density at radius 2 is 1.83 bits per heavy atom. The van der Waals surface area contributed by atoms with Crippen molar-refractivity contribution in [2.75, 3.05) is 13.1 Å². The van der Waals surface area contributed by atoms with E-state index in [0.717, 1.165) is 11.1 Å². The Balaban J connectivity index is 1.47. The maximum Gasteiger partial charge on any atom is 0.256 e. The molecule has 0 unspecified atom stereocenters. The number of aromatic nitrogens is 3.